The van der Waals surface area contributed by atoms with Crippen molar-refractivity contribution in [3.63, 3.8) is 0 Å². The Labute approximate surface area is 163 Å². The zero-order valence-corrected chi connectivity index (χ0v) is 16.3. The van der Waals surface area contributed by atoms with E-state index in [1.54, 1.807) is 0 Å². The second-order valence-electron chi connectivity index (χ2n) is 6.83. The predicted octanol–water partition coefficient (Wildman–Crippen LogP) is 6.36. The van der Waals surface area contributed by atoms with Crippen molar-refractivity contribution in [1.29, 1.82) is 0 Å². The smallest absolute Gasteiger partial charge is 0.381 e. The molecular formula is C23H24F3NO. The van der Waals surface area contributed by atoms with E-state index < -0.39 is 11.7 Å². The lowest BCUT2D eigenvalue weighted by Crippen LogP contribution is -2.06. The first-order valence-corrected chi connectivity index (χ1v) is 9.35. The summed E-state index contributed by atoms with van der Waals surface area (Å²) in [7, 11) is 0. The van der Waals surface area contributed by atoms with E-state index in [1.165, 1.54) is 12.1 Å². The highest BCUT2D eigenvalue weighted by atomic mass is 19.4. The number of nitrogens with zero attached hydrogens (tertiary/aromatic N) is 1. The van der Waals surface area contributed by atoms with Crippen LogP contribution in [0.15, 0.2) is 54.6 Å². The Hall–Kier alpha value is -2.53. The van der Waals surface area contributed by atoms with E-state index in [0.717, 1.165) is 46.6 Å². The summed E-state index contributed by atoms with van der Waals surface area (Å²) in [5.41, 5.74) is 5.35. The van der Waals surface area contributed by atoms with Crippen LogP contribution >= 0.6 is 0 Å². The van der Waals surface area contributed by atoms with Gasteiger partial charge >= 0.3 is 6.18 Å². The van der Waals surface area contributed by atoms with Crippen LogP contribution in [0.2, 0.25) is 0 Å². The Morgan fingerprint density at radius 3 is 2.14 bits per heavy atom. The maximum atomic E-state index is 12.9. The Balaban J connectivity index is 2.08. The number of benzene rings is 2. The number of aromatic nitrogens is 1. The Morgan fingerprint density at radius 2 is 1.57 bits per heavy atom. The predicted molar refractivity (Wildman–Crippen MR) is 106 cm³/mol. The first-order valence-electron chi connectivity index (χ1n) is 9.35. The molecule has 0 amide bonds. The van der Waals surface area contributed by atoms with E-state index in [0.29, 0.717) is 18.9 Å². The number of halogens is 3. The summed E-state index contributed by atoms with van der Waals surface area (Å²) in [6, 6.07) is 15.6. The average Bonchev–Trinajstić information content (AvgIpc) is 2.98. The summed E-state index contributed by atoms with van der Waals surface area (Å²) in [6.07, 6.45) is -3.58. The van der Waals surface area contributed by atoms with Gasteiger partial charge in [-0.1, -0.05) is 29.8 Å². The second kappa shape index (κ2) is 8.23. The van der Waals surface area contributed by atoms with Gasteiger partial charge in [-0.25, -0.2) is 0 Å². The van der Waals surface area contributed by atoms with Crippen LogP contribution in [-0.4, -0.2) is 17.8 Å². The lowest BCUT2D eigenvalue weighted by Gasteiger charge is -2.14. The zero-order chi connectivity index (χ0) is 20.3. The fourth-order valence-electron chi connectivity index (χ4n) is 3.31. The van der Waals surface area contributed by atoms with Crippen molar-refractivity contribution in [2.75, 3.05) is 13.2 Å². The third-order valence-electron chi connectivity index (χ3n) is 4.87. The fraction of sp³-hybridized carbons (Fsp3) is 0.304. The van der Waals surface area contributed by atoms with Crippen LogP contribution in [0.25, 0.3) is 16.9 Å². The fourth-order valence-corrected chi connectivity index (χ4v) is 3.31. The second-order valence-corrected chi connectivity index (χ2v) is 6.83. The molecule has 3 rings (SSSR count). The summed E-state index contributed by atoms with van der Waals surface area (Å²) in [4.78, 5) is 0. The van der Waals surface area contributed by atoms with Crippen molar-refractivity contribution < 1.29 is 17.9 Å². The summed E-state index contributed by atoms with van der Waals surface area (Å²) in [5.74, 6) is 0. The molecular weight excluding hydrogens is 363 g/mol. The van der Waals surface area contributed by atoms with Crippen LogP contribution < -0.4 is 0 Å². The SMILES string of the molecule is CCOCCc1cc(-c2ccc(C)cc2)n(-c2ccc(C(F)(F)F)cc2)c1C. The van der Waals surface area contributed by atoms with Gasteiger partial charge in [-0.15, -0.1) is 0 Å². The van der Waals surface area contributed by atoms with Crippen molar-refractivity contribution in [3.8, 4) is 16.9 Å². The Bertz CT molecular complexity index is 922. The van der Waals surface area contributed by atoms with E-state index >= 15 is 0 Å². The van der Waals surface area contributed by atoms with Crippen LogP contribution in [-0.2, 0) is 17.3 Å². The molecule has 0 N–H and O–H groups in total. The third kappa shape index (κ3) is 4.30. The average molecular weight is 387 g/mol. The van der Waals surface area contributed by atoms with Gasteiger partial charge < -0.3 is 9.30 Å². The molecule has 0 aliphatic heterocycles. The first kappa shape index (κ1) is 20.2. The van der Waals surface area contributed by atoms with E-state index in [-0.39, 0.29) is 0 Å². The van der Waals surface area contributed by atoms with Crippen molar-refractivity contribution in [1.82, 2.24) is 4.57 Å². The van der Waals surface area contributed by atoms with E-state index in [9.17, 15) is 13.2 Å². The summed E-state index contributed by atoms with van der Waals surface area (Å²) in [6.45, 7) is 7.25. The van der Waals surface area contributed by atoms with Gasteiger partial charge in [-0.05, 0) is 68.7 Å². The number of alkyl halides is 3. The third-order valence-corrected chi connectivity index (χ3v) is 4.87. The molecule has 0 fully saturated rings. The summed E-state index contributed by atoms with van der Waals surface area (Å²) in [5, 5.41) is 0. The van der Waals surface area contributed by atoms with E-state index in [2.05, 4.69) is 6.07 Å². The molecule has 2 nitrogen and oxygen atoms in total. The molecule has 0 spiro atoms. The standard InChI is InChI=1S/C23H24F3NO/c1-4-28-14-13-19-15-22(18-7-5-16(2)6-8-18)27(17(19)3)21-11-9-20(10-12-21)23(24,25)26/h5-12,15H,4,13-14H2,1-3H3. The molecule has 0 atom stereocenters. The van der Waals surface area contributed by atoms with Crippen molar-refractivity contribution in [3.05, 3.63) is 77.0 Å². The molecule has 1 heterocycles. The van der Waals surface area contributed by atoms with Gasteiger partial charge in [0.15, 0.2) is 0 Å². The van der Waals surface area contributed by atoms with Gasteiger partial charge in [0.05, 0.1) is 17.9 Å². The van der Waals surface area contributed by atoms with Gasteiger partial charge in [-0.3, -0.25) is 0 Å². The van der Waals surface area contributed by atoms with Crippen LogP contribution in [0.4, 0.5) is 13.2 Å². The van der Waals surface area contributed by atoms with E-state index in [1.807, 2.05) is 49.6 Å². The van der Waals surface area contributed by atoms with Gasteiger partial charge in [0.2, 0.25) is 0 Å². The maximum Gasteiger partial charge on any atom is 0.416 e. The number of ether oxygens (including phenoxy) is 1. The highest BCUT2D eigenvalue weighted by Crippen LogP contribution is 2.33. The monoisotopic (exact) mass is 387 g/mol. The molecule has 0 saturated carbocycles. The highest BCUT2D eigenvalue weighted by Gasteiger charge is 2.30. The van der Waals surface area contributed by atoms with Crippen LogP contribution in [0.5, 0.6) is 0 Å². The summed E-state index contributed by atoms with van der Waals surface area (Å²) >= 11 is 0. The molecule has 2 aromatic carbocycles. The summed E-state index contributed by atoms with van der Waals surface area (Å²) < 4.78 is 46.3. The number of hydrogen-bond acceptors (Lipinski definition) is 1. The molecule has 0 aliphatic rings. The van der Waals surface area contributed by atoms with Crippen molar-refractivity contribution in [2.45, 2.75) is 33.4 Å². The molecule has 3 aromatic rings. The molecule has 0 radical (unpaired) electrons. The van der Waals surface area contributed by atoms with Gasteiger partial charge in [0.25, 0.3) is 0 Å². The lowest BCUT2D eigenvalue weighted by atomic mass is 10.1. The minimum atomic E-state index is -4.34. The largest absolute Gasteiger partial charge is 0.416 e. The van der Waals surface area contributed by atoms with Crippen molar-refractivity contribution >= 4 is 0 Å². The molecule has 148 valence electrons. The number of rotatable bonds is 6. The first-order chi connectivity index (χ1) is 13.3. The number of aryl methyl sites for hydroxylation is 1. The highest BCUT2D eigenvalue weighted by molar-refractivity contribution is 5.66. The molecule has 1 aromatic heterocycles. The van der Waals surface area contributed by atoms with Gasteiger partial charge in [0.1, 0.15) is 0 Å². The molecule has 0 aliphatic carbocycles. The van der Waals surface area contributed by atoms with Crippen LogP contribution in [0, 0.1) is 13.8 Å². The van der Waals surface area contributed by atoms with Crippen molar-refractivity contribution in [2.24, 2.45) is 0 Å². The lowest BCUT2D eigenvalue weighted by molar-refractivity contribution is -0.137. The minimum Gasteiger partial charge on any atom is -0.381 e. The Morgan fingerprint density at radius 1 is 0.929 bits per heavy atom. The zero-order valence-electron chi connectivity index (χ0n) is 16.3. The minimum absolute atomic E-state index is 0.613. The van der Waals surface area contributed by atoms with E-state index in [4.69, 9.17) is 4.74 Å². The molecule has 0 unspecified atom stereocenters. The van der Waals surface area contributed by atoms with Gasteiger partial charge in [-0.2, -0.15) is 13.2 Å². The quantitative estimate of drug-likeness (QED) is 0.449. The molecule has 5 heteroatoms. The van der Waals surface area contributed by atoms with Crippen LogP contribution in [0.3, 0.4) is 0 Å². The topological polar surface area (TPSA) is 14.2 Å². The normalized spacial score (nSPS) is 11.8. The maximum absolute atomic E-state index is 12.9. The number of hydrogen-bond donors (Lipinski definition) is 0. The van der Waals surface area contributed by atoms with Gasteiger partial charge in [0, 0.05) is 18.0 Å². The molecule has 0 bridgehead atoms. The molecule has 0 saturated heterocycles. The molecule has 28 heavy (non-hydrogen) atoms. The Kier molecular flexibility index (Phi) is 5.94. The van der Waals surface area contributed by atoms with Crippen LogP contribution in [0.1, 0.15) is 29.3 Å².